The topological polar surface area (TPSA) is 113 Å². The Morgan fingerprint density at radius 1 is 1.23 bits per heavy atom. The summed E-state index contributed by atoms with van der Waals surface area (Å²) in [4.78, 5) is 23.7. The van der Waals surface area contributed by atoms with Crippen molar-refractivity contribution in [2.75, 3.05) is 13.7 Å². The van der Waals surface area contributed by atoms with Crippen LogP contribution >= 0.6 is 0 Å². The summed E-state index contributed by atoms with van der Waals surface area (Å²) in [5, 5.41) is 8.44. The Morgan fingerprint density at radius 2 is 2.10 bits per heavy atom. The first-order valence-electron chi connectivity index (χ1n) is 9.31. The number of hydrogen-bond donors (Lipinski definition) is 1. The van der Waals surface area contributed by atoms with Gasteiger partial charge in [-0.3, -0.25) is 14.6 Å². The highest BCUT2D eigenvalue weighted by atomic mass is 16.5. The molecule has 0 amide bonds. The van der Waals surface area contributed by atoms with E-state index in [4.69, 9.17) is 9.47 Å². The molecule has 0 aliphatic heterocycles. The van der Waals surface area contributed by atoms with Crippen LogP contribution < -0.4 is 10.4 Å². The molecule has 0 fully saturated rings. The number of methoxy groups -OCH3 is 1. The van der Waals surface area contributed by atoms with Crippen molar-refractivity contribution >= 4 is 0 Å². The van der Waals surface area contributed by atoms with Crippen molar-refractivity contribution in [3.63, 3.8) is 0 Å². The second kappa shape index (κ2) is 8.29. The SMILES string of the molecule is COCCc1nn(-c2ccc(Oc3ccnc(-c4cnn(C)c4)c3)c(C)n2)c(=O)[nH]1. The van der Waals surface area contributed by atoms with Crippen LogP contribution in [0.4, 0.5) is 0 Å². The maximum Gasteiger partial charge on any atom is 0.349 e. The van der Waals surface area contributed by atoms with Gasteiger partial charge in [0.05, 0.1) is 24.2 Å². The quantitative estimate of drug-likeness (QED) is 0.499. The molecule has 0 atom stereocenters. The normalized spacial score (nSPS) is 11.0. The summed E-state index contributed by atoms with van der Waals surface area (Å²) in [5.74, 6) is 2.16. The van der Waals surface area contributed by atoms with Gasteiger partial charge in [-0.15, -0.1) is 5.10 Å². The maximum atomic E-state index is 12.2. The molecule has 0 saturated heterocycles. The fourth-order valence-electron chi connectivity index (χ4n) is 2.91. The minimum Gasteiger partial charge on any atom is -0.455 e. The van der Waals surface area contributed by atoms with E-state index in [9.17, 15) is 4.79 Å². The summed E-state index contributed by atoms with van der Waals surface area (Å²) in [6, 6.07) is 7.06. The first kappa shape index (κ1) is 19.5. The van der Waals surface area contributed by atoms with Crippen LogP contribution in [0.3, 0.4) is 0 Å². The van der Waals surface area contributed by atoms with E-state index in [1.165, 1.54) is 4.68 Å². The molecular formula is C20H21N7O3. The highest BCUT2D eigenvalue weighted by molar-refractivity contribution is 5.58. The third kappa shape index (κ3) is 4.13. The van der Waals surface area contributed by atoms with Crippen molar-refractivity contribution in [3.05, 3.63) is 64.9 Å². The predicted octanol–water partition coefficient (Wildman–Crippen LogP) is 2.04. The number of pyridine rings is 2. The van der Waals surface area contributed by atoms with Crippen LogP contribution in [0.25, 0.3) is 17.1 Å². The number of hydrogen-bond acceptors (Lipinski definition) is 7. The monoisotopic (exact) mass is 407 g/mol. The molecule has 10 heteroatoms. The summed E-state index contributed by atoms with van der Waals surface area (Å²) >= 11 is 0. The molecule has 4 aromatic rings. The van der Waals surface area contributed by atoms with Crippen LogP contribution in [0.2, 0.25) is 0 Å². The summed E-state index contributed by atoms with van der Waals surface area (Å²) in [6.07, 6.45) is 5.83. The van der Waals surface area contributed by atoms with Crippen LogP contribution in [0.1, 0.15) is 11.5 Å². The number of H-pyrrole nitrogens is 1. The van der Waals surface area contributed by atoms with Crippen LogP contribution in [0.15, 0.2) is 47.7 Å². The third-order valence-electron chi connectivity index (χ3n) is 4.41. The second-order valence-electron chi connectivity index (χ2n) is 6.67. The van der Waals surface area contributed by atoms with Gasteiger partial charge in [-0.2, -0.15) is 9.78 Å². The van der Waals surface area contributed by atoms with Gasteiger partial charge in [-0.1, -0.05) is 0 Å². The molecule has 0 spiro atoms. The molecule has 4 heterocycles. The van der Waals surface area contributed by atoms with Crippen molar-refractivity contribution in [2.45, 2.75) is 13.3 Å². The van der Waals surface area contributed by atoms with Crippen LogP contribution in [-0.2, 0) is 18.2 Å². The highest BCUT2D eigenvalue weighted by Crippen LogP contribution is 2.27. The number of aryl methyl sites for hydroxylation is 2. The van der Waals surface area contributed by atoms with Gasteiger partial charge in [-0.25, -0.2) is 9.78 Å². The molecule has 0 bridgehead atoms. The Labute approximate surface area is 172 Å². The van der Waals surface area contributed by atoms with E-state index >= 15 is 0 Å². The molecule has 0 aliphatic rings. The molecule has 1 N–H and O–H groups in total. The smallest absolute Gasteiger partial charge is 0.349 e. The van der Waals surface area contributed by atoms with Crippen molar-refractivity contribution in [1.82, 2.24) is 34.5 Å². The lowest BCUT2D eigenvalue weighted by atomic mass is 10.2. The number of rotatable bonds is 7. The van der Waals surface area contributed by atoms with Gasteiger partial charge in [-0.05, 0) is 25.1 Å². The Bertz CT molecular complexity index is 1230. The summed E-state index contributed by atoms with van der Waals surface area (Å²) in [7, 11) is 3.45. The summed E-state index contributed by atoms with van der Waals surface area (Å²) in [6.45, 7) is 2.28. The third-order valence-corrected chi connectivity index (χ3v) is 4.41. The Balaban J connectivity index is 1.56. The molecular weight excluding hydrogens is 386 g/mol. The van der Waals surface area contributed by atoms with Gasteiger partial charge in [0.1, 0.15) is 17.3 Å². The highest BCUT2D eigenvalue weighted by Gasteiger charge is 2.12. The van der Waals surface area contributed by atoms with Crippen molar-refractivity contribution < 1.29 is 9.47 Å². The first-order chi connectivity index (χ1) is 14.5. The molecule has 0 radical (unpaired) electrons. The zero-order valence-corrected chi connectivity index (χ0v) is 16.9. The molecule has 10 nitrogen and oxygen atoms in total. The largest absolute Gasteiger partial charge is 0.455 e. The molecule has 0 aromatic carbocycles. The predicted molar refractivity (Wildman–Crippen MR) is 109 cm³/mol. The van der Waals surface area contributed by atoms with Gasteiger partial charge in [0.15, 0.2) is 5.82 Å². The van der Waals surface area contributed by atoms with Gasteiger partial charge in [0, 0.05) is 44.6 Å². The fraction of sp³-hybridized carbons (Fsp3) is 0.250. The average molecular weight is 407 g/mol. The number of nitrogens with zero attached hydrogens (tertiary/aromatic N) is 6. The standard InChI is InChI=1S/C20H21N7O3/c1-13-17(30-15-6-8-21-16(10-15)14-11-22-26(2)12-14)4-5-19(23-13)27-20(28)24-18(25-27)7-9-29-3/h4-6,8,10-12H,7,9H2,1-3H3,(H,24,25,28). The van der Waals surface area contributed by atoms with Gasteiger partial charge >= 0.3 is 5.69 Å². The van der Waals surface area contributed by atoms with Crippen LogP contribution in [-0.4, -0.2) is 48.2 Å². The Morgan fingerprint density at radius 3 is 2.83 bits per heavy atom. The average Bonchev–Trinajstić information content (AvgIpc) is 3.34. The van der Waals surface area contributed by atoms with Crippen molar-refractivity contribution in [1.29, 1.82) is 0 Å². The van der Waals surface area contributed by atoms with Crippen LogP contribution in [0.5, 0.6) is 11.5 Å². The van der Waals surface area contributed by atoms with Gasteiger partial charge in [0.25, 0.3) is 0 Å². The van der Waals surface area contributed by atoms with E-state index in [2.05, 4.69) is 25.1 Å². The molecule has 4 rings (SSSR count). The fourth-order valence-corrected chi connectivity index (χ4v) is 2.91. The minimum absolute atomic E-state index is 0.350. The molecule has 0 aliphatic carbocycles. The molecule has 30 heavy (non-hydrogen) atoms. The number of nitrogens with one attached hydrogen (secondary N) is 1. The van der Waals surface area contributed by atoms with Gasteiger partial charge in [0.2, 0.25) is 0 Å². The maximum absolute atomic E-state index is 12.2. The second-order valence-corrected chi connectivity index (χ2v) is 6.67. The zero-order valence-electron chi connectivity index (χ0n) is 16.9. The molecule has 0 saturated carbocycles. The van der Waals surface area contributed by atoms with E-state index in [1.807, 2.05) is 26.2 Å². The summed E-state index contributed by atoms with van der Waals surface area (Å²) in [5.41, 5.74) is 1.93. The molecule has 0 unspecified atom stereocenters. The Hall–Kier alpha value is -3.79. The lowest BCUT2D eigenvalue weighted by Crippen LogP contribution is -2.17. The number of aromatic amines is 1. The van der Waals surface area contributed by atoms with Crippen LogP contribution in [0, 0.1) is 6.92 Å². The lowest BCUT2D eigenvalue weighted by Gasteiger charge is -2.10. The minimum atomic E-state index is -0.350. The van der Waals surface area contributed by atoms with E-state index in [0.29, 0.717) is 41.9 Å². The lowest BCUT2D eigenvalue weighted by molar-refractivity contribution is 0.200. The first-order valence-corrected chi connectivity index (χ1v) is 9.31. The number of ether oxygens (including phenoxy) is 2. The van der Waals surface area contributed by atoms with Crippen molar-refractivity contribution in [3.8, 4) is 28.6 Å². The van der Waals surface area contributed by atoms with Gasteiger partial charge < -0.3 is 9.47 Å². The number of aromatic nitrogens is 7. The van der Waals surface area contributed by atoms with Crippen molar-refractivity contribution in [2.24, 2.45) is 7.05 Å². The van der Waals surface area contributed by atoms with E-state index in [-0.39, 0.29) is 5.69 Å². The van der Waals surface area contributed by atoms with E-state index in [1.54, 1.807) is 42.4 Å². The van der Waals surface area contributed by atoms with E-state index in [0.717, 1.165) is 11.3 Å². The molecule has 154 valence electrons. The molecule has 4 aromatic heterocycles. The Kier molecular flexibility index (Phi) is 5.40. The zero-order chi connectivity index (χ0) is 21.1. The van der Waals surface area contributed by atoms with E-state index < -0.39 is 0 Å². The summed E-state index contributed by atoms with van der Waals surface area (Å²) < 4.78 is 14.0.